The quantitative estimate of drug-likeness (QED) is 0.860. The zero-order valence-electron chi connectivity index (χ0n) is 11.5. The molecule has 0 atom stereocenters. The Hall–Kier alpha value is -2.01. The monoisotopic (exact) mass is 261 g/mol. The molecule has 19 heavy (non-hydrogen) atoms. The van der Waals surface area contributed by atoms with E-state index in [1.54, 1.807) is 20.5 Å². The summed E-state index contributed by atoms with van der Waals surface area (Å²) in [6.07, 6.45) is 3.66. The third-order valence-electron chi connectivity index (χ3n) is 3.03. The highest BCUT2D eigenvalue weighted by Crippen LogP contribution is 2.24. The molecule has 2 rings (SSSR count). The normalized spacial score (nSPS) is 10.5. The Morgan fingerprint density at radius 1 is 1.21 bits per heavy atom. The molecule has 102 valence electrons. The summed E-state index contributed by atoms with van der Waals surface area (Å²) in [5.41, 5.74) is 2.25. The summed E-state index contributed by atoms with van der Waals surface area (Å²) in [4.78, 5) is 4.09. The van der Waals surface area contributed by atoms with E-state index < -0.39 is 0 Å². The van der Waals surface area contributed by atoms with E-state index >= 15 is 0 Å². The summed E-state index contributed by atoms with van der Waals surface area (Å²) >= 11 is 0. The number of ether oxygens (including phenoxy) is 2. The lowest BCUT2D eigenvalue weighted by Crippen LogP contribution is -2.15. The minimum absolute atomic E-state index is 0.734. The highest BCUT2D eigenvalue weighted by atomic mass is 16.5. The van der Waals surface area contributed by atoms with Crippen LogP contribution in [0.3, 0.4) is 0 Å². The summed E-state index contributed by atoms with van der Waals surface area (Å²) in [6, 6.07) is 5.83. The van der Waals surface area contributed by atoms with Gasteiger partial charge in [-0.05, 0) is 6.07 Å². The topological polar surface area (TPSA) is 48.3 Å². The Balaban J connectivity index is 1.97. The minimum Gasteiger partial charge on any atom is -0.497 e. The predicted octanol–water partition coefficient (Wildman–Crippen LogP) is 1.73. The molecule has 0 amide bonds. The van der Waals surface area contributed by atoms with Crippen LogP contribution in [0.5, 0.6) is 11.5 Å². The molecule has 0 bridgehead atoms. The fourth-order valence-electron chi connectivity index (χ4n) is 1.88. The Morgan fingerprint density at radius 3 is 2.68 bits per heavy atom. The first-order chi connectivity index (χ1) is 9.24. The number of nitrogens with zero attached hydrogens (tertiary/aromatic N) is 2. The molecule has 0 unspecified atom stereocenters. The highest BCUT2D eigenvalue weighted by molar-refractivity contribution is 5.40. The van der Waals surface area contributed by atoms with E-state index in [2.05, 4.69) is 10.3 Å². The summed E-state index contributed by atoms with van der Waals surface area (Å²) in [7, 11) is 5.30. The maximum Gasteiger partial charge on any atom is 0.127 e. The van der Waals surface area contributed by atoms with Crippen molar-refractivity contribution in [1.29, 1.82) is 0 Å². The zero-order chi connectivity index (χ0) is 13.7. The van der Waals surface area contributed by atoms with Gasteiger partial charge in [0.05, 0.1) is 26.2 Å². The molecule has 0 saturated heterocycles. The van der Waals surface area contributed by atoms with Crippen molar-refractivity contribution in [2.45, 2.75) is 13.1 Å². The maximum absolute atomic E-state index is 5.36. The van der Waals surface area contributed by atoms with Gasteiger partial charge in [-0.3, -0.25) is 0 Å². The van der Waals surface area contributed by atoms with Crippen LogP contribution < -0.4 is 14.8 Å². The zero-order valence-corrected chi connectivity index (χ0v) is 11.5. The van der Waals surface area contributed by atoms with Gasteiger partial charge >= 0.3 is 0 Å². The first kappa shape index (κ1) is 13.4. The molecular weight excluding hydrogens is 242 g/mol. The Kier molecular flexibility index (Phi) is 4.41. The first-order valence-electron chi connectivity index (χ1n) is 6.11. The van der Waals surface area contributed by atoms with Gasteiger partial charge in [0.25, 0.3) is 0 Å². The second-order valence-electron chi connectivity index (χ2n) is 4.28. The third kappa shape index (κ3) is 3.26. The number of rotatable bonds is 6. The van der Waals surface area contributed by atoms with Crippen molar-refractivity contribution >= 4 is 0 Å². The molecule has 0 aliphatic carbocycles. The molecule has 0 radical (unpaired) electrons. The Bertz CT molecular complexity index is 537. The summed E-state index contributed by atoms with van der Waals surface area (Å²) in [6.45, 7) is 1.50. The van der Waals surface area contributed by atoms with E-state index in [0.29, 0.717) is 0 Å². The lowest BCUT2D eigenvalue weighted by molar-refractivity contribution is 0.389. The van der Waals surface area contributed by atoms with E-state index in [9.17, 15) is 0 Å². The summed E-state index contributed by atoms with van der Waals surface area (Å²) in [5, 5.41) is 3.38. The Labute approximate surface area is 113 Å². The molecule has 2 aromatic rings. The SMILES string of the molecule is COc1ccc(CNCc2cncn2C)c(OC)c1. The molecule has 5 nitrogen and oxygen atoms in total. The molecule has 1 aromatic carbocycles. The number of aryl methyl sites for hydroxylation is 1. The van der Waals surface area contributed by atoms with Crippen LogP contribution in [0, 0.1) is 0 Å². The van der Waals surface area contributed by atoms with Gasteiger partial charge in [-0.25, -0.2) is 4.98 Å². The fourth-order valence-corrected chi connectivity index (χ4v) is 1.88. The molecule has 5 heteroatoms. The molecule has 0 fully saturated rings. The van der Waals surface area contributed by atoms with Gasteiger partial charge in [-0.1, -0.05) is 6.07 Å². The fraction of sp³-hybridized carbons (Fsp3) is 0.357. The molecule has 1 heterocycles. The van der Waals surface area contributed by atoms with Crippen molar-refractivity contribution in [3.63, 3.8) is 0 Å². The smallest absolute Gasteiger partial charge is 0.127 e. The second-order valence-corrected chi connectivity index (χ2v) is 4.28. The van der Waals surface area contributed by atoms with Gasteiger partial charge in [0.1, 0.15) is 11.5 Å². The maximum atomic E-state index is 5.36. The average Bonchev–Trinajstić information content (AvgIpc) is 2.84. The molecular formula is C14H19N3O2. The number of aromatic nitrogens is 2. The van der Waals surface area contributed by atoms with Crippen LogP contribution >= 0.6 is 0 Å². The van der Waals surface area contributed by atoms with Crippen LogP contribution in [0.15, 0.2) is 30.7 Å². The van der Waals surface area contributed by atoms with Crippen LogP contribution in [-0.2, 0) is 20.1 Å². The number of hydrogen-bond donors (Lipinski definition) is 1. The number of imidazole rings is 1. The second kappa shape index (κ2) is 6.24. The van der Waals surface area contributed by atoms with Gasteiger partial charge in [0.2, 0.25) is 0 Å². The van der Waals surface area contributed by atoms with Crippen LogP contribution in [0.1, 0.15) is 11.3 Å². The van der Waals surface area contributed by atoms with Crippen LogP contribution in [0.2, 0.25) is 0 Å². The van der Waals surface area contributed by atoms with Crippen molar-refractivity contribution in [3.8, 4) is 11.5 Å². The van der Waals surface area contributed by atoms with Gasteiger partial charge in [0.15, 0.2) is 0 Å². The molecule has 0 saturated carbocycles. The van der Waals surface area contributed by atoms with E-state index in [0.717, 1.165) is 35.8 Å². The molecule has 0 aliphatic heterocycles. The van der Waals surface area contributed by atoms with E-state index in [1.807, 2.05) is 36.0 Å². The van der Waals surface area contributed by atoms with Gasteiger partial charge in [-0.2, -0.15) is 0 Å². The third-order valence-corrected chi connectivity index (χ3v) is 3.03. The van der Waals surface area contributed by atoms with Crippen molar-refractivity contribution in [2.24, 2.45) is 7.05 Å². The highest BCUT2D eigenvalue weighted by Gasteiger charge is 2.05. The molecule has 0 spiro atoms. The number of methoxy groups -OCH3 is 2. The van der Waals surface area contributed by atoms with E-state index in [1.165, 1.54) is 0 Å². The Morgan fingerprint density at radius 2 is 2.05 bits per heavy atom. The van der Waals surface area contributed by atoms with Crippen molar-refractivity contribution < 1.29 is 9.47 Å². The van der Waals surface area contributed by atoms with Crippen LogP contribution in [0.25, 0.3) is 0 Å². The number of benzene rings is 1. The molecule has 0 aliphatic rings. The summed E-state index contributed by atoms with van der Waals surface area (Å²) < 4.78 is 12.5. The number of hydrogen-bond acceptors (Lipinski definition) is 4. The van der Waals surface area contributed by atoms with E-state index in [-0.39, 0.29) is 0 Å². The van der Waals surface area contributed by atoms with Crippen molar-refractivity contribution in [1.82, 2.24) is 14.9 Å². The molecule has 1 N–H and O–H groups in total. The minimum atomic E-state index is 0.734. The van der Waals surface area contributed by atoms with Crippen LogP contribution in [0.4, 0.5) is 0 Å². The molecule has 1 aromatic heterocycles. The first-order valence-corrected chi connectivity index (χ1v) is 6.11. The lowest BCUT2D eigenvalue weighted by atomic mass is 10.2. The summed E-state index contributed by atoms with van der Waals surface area (Å²) in [5.74, 6) is 1.63. The van der Waals surface area contributed by atoms with Gasteiger partial charge < -0.3 is 19.4 Å². The lowest BCUT2D eigenvalue weighted by Gasteiger charge is -2.11. The van der Waals surface area contributed by atoms with E-state index in [4.69, 9.17) is 9.47 Å². The van der Waals surface area contributed by atoms with Crippen molar-refractivity contribution in [2.75, 3.05) is 14.2 Å². The largest absolute Gasteiger partial charge is 0.497 e. The predicted molar refractivity (Wildman–Crippen MR) is 73.3 cm³/mol. The van der Waals surface area contributed by atoms with Gasteiger partial charge in [-0.15, -0.1) is 0 Å². The standard InChI is InChI=1S/C14H19N3O2/c1-17-10-16-9-12(17)8-15-7-11-4-5-13(18-2)6-14(11)19-3/h4-6,9-10,15H,7-8H2,1-3H3. The van der Waals surface area contributed by atoms with Crippen LogP contribution in [-0.4, -0.2) is 23.8 Å². The number of nitrogens with one attached hydrogen (secondary N) is 1. The average molecular weight is 261 g/mol. The van der Waals surface area contributed by atoms with Gasteiger partial charge in [0, 0.05) is 38.0 Å². The van der Waals surface area contributed by atoms with Crippen molar-refractivity contribution in [3.05, 3.63) is 42.0 Å².